The fraction of sp³-hybridized carbons (Fsp3) is 0.833. The van der Waals surface area contributed by atoms with Crippen molar-refractivity contribution in [3.8, 4) is 0 Å². The maximum Gasteiger partial charge on any atom is 0.242 e. The number of carbonyl (C=O) groups is 2. The Balaban J connectivity index is 0.00000133. The van der Waals surface area contributed by atoms with Crippen LogP contribution in [0.15, 0.2) is 0 Å². The van der Waals surface area contributed by atoms with Crippen molar-refractivity contribution < 1.29 is 14.3 Å². The minimum Gasteiger partial charge on any atom is -0.378 e. The number of halogens is 1. The van der Waals surface area contributed by atoms with Crippen molar-refractivity contribution in [3.63, 3.8) is 0 Å². The van der Waals surface area contributed by atoms with Gasteiger partial charge in [0.15, 0.2) is 0 Å². The molecule has 2 saturated heterocycles. The molecule has 6 nitrogen and oxygen atoms in total. The molecular formula is C12H20ClN3O3. The number of hydrogen-bond acceptors (Lipinski definition) is 4. The Bertz CT molecular complexity index is 356. The number of hydrogen-bond donors (Lipinski definition) is 1. The van der Waals surface area contributed by atoms with Gasteiger partial charge in [0.1, 0.15) is 6.04 Å². The molecule has 0 bridgehead atoms. The van der Waals surface area contributed by atoms with Gasteiger partial charge in [-0.2, -0.15) is 0 Å². The number of morpholine rings is 1. The highest BCUT2D eigenvalue weighted by Gasteiger charge is 2.38. The van der Waals surface area contributed by atoms with E-state index in [1.165, 1.54) is 0 Å². The van der Waals surface area contributed by atoms with Crippen LogP contribution in [0.4, 0.5) is 0 Å². The average Bonchev–Trinajstić information content (AvgIpc) is 3.23. The van der Waals surface area contributed by atoms with Gasteiger partial charge in [-0.1, -0.05) is 0 Å². The number of carbonyl (C=O) groups excluding carboxylic acids is 2. The molecule has 1 N–H and O–H groups in total. The van der Waals surface area contributed by atoms with E-state index in [1.807, 2.05) is 4.90 Å². The number of nitrogens with one attached hydrogen (secondary N) is 1. The Hall–Kier alpha value is -0.850. The molecule has 3 rings (SSSR count). The second kappa shape index (κ2) is 6.07. The molecule has 0 aromatic heterocycles. The quantitative estimate of drug-likeness (QED) is 0.725. The lowest BCUT2D eigenvalue weighted by Crippen LogP contribution is -2.59. The molecule has 0 aromatic rings. The van der Waals surface area contributed by atoms with E-state index < -0.39 is 0 Å². The highest BCUT2D eigenvalue weighted by Crippen LogP contribution is 2.28. The summed E-state index contributed by atoms with van der Waals surface area (Å²) in [7, 11) is 0. The maximum atomic E-state index is 12.2. The van der Waals surface area contributed by atoms with Crippen LogP contribution >= 0.6 is 12.4 Å². The Labute approximate surface area is 118 Å². The van der Waals surface area contributed by atoms with Gasteiger partial charge in [0.25, 0.3) is 0 Å². The van der Waals surface area contributed by atoms with E-state index in [4.69, 9.17) is 4.74 Å². The molecule has 0 radical (unpaired) electrons. The summed E-state index contributed by atoms with van der Waals surface area (Å²) in [6, 6.07) is 0.171. The lowest BCUT2D eigenvalue weighted by Gasteiger charge is -2.36. The van der Waals surface area contributed by atoms with E-state index in [2.05, 4.69) is 5.32 Å². The number of rotatable bonds is 2. The van der Waals surface area contributed by atoms with Crippen molar-refractivity contribution in [3.05, 3.63) is 0 Å². The average molecular weight is 290 g/mol. The standard InChI is InChI=1S/C12H19N3O3.ClH/c16-11-7-14(4-5-15(11)9-1-2-9)12(17)10-8-18-6-3-13-10;/h9-10,13H,1-8H2;1H. The topological polar surface area (TPSA) is 61.9 Å². The lowest BCUT2D eigenvalue weighted by atomic mass is 10.2. The van der Waals surface area contributed by atoms with Gasteiger partial charge in [-0.15, -0.1) is 12.4 Å². The molecule has 2 amide bonds. The third-order valence-electron chi connectivity index (χ3n) is 3.78. The van der Waals surface area contributed by atoms with Crippen molar-refractivity contribution in [2.24, 2.45) is 0 Å². The molecular weight excluding hydrogens is 270 g/mol. The summed E-state index contributed by atoms with van der Waals surface area (Å²) >= 11 is 0. The number of nitrogens with zero attached hydrogens (tertiary/aromatic N) is 2. The predicted octanol–water partition coefficient (Wildman–Crippen LogP) is -0.770. The van der Waals surface area contributed by atoms with E-state index in [0.29, 0.717) is 38.9 Å². The maximum absolute atomic E-state index is 12.2. The molecule has 19 heavy (non-hydrogen) atoms. The first-order valence-electron chi connectivity index (χ1n) is 6.65. The summed E-state index contributed by atoms with van der Waals surface area (Å²) in [6.45, 7) is 3.33. The zero-order valence-electron chi connectivity index (χ0n) is 10.8. The van der Waals surface area contributed by atoms with Crippen LogP contribution in [0.2, 0.25) is 0 Å². The van der Waals surface area contributed by atoms with E-state index in [9.17, 15) is 9.59 Å². The first kappa shape index (κ1) is 14.6. The van der Waals surface area contributed by atoms with E-state index >= 15 is 0 Å². The zero-order valence-corrected chi connectivity index (χ0v) is 11.7. The van der Waals surface area contributed by atoms with Gasteiger partial charge in [-0.3, -0.25) is 9.59 Å². The van der Waals surface area contributed by atoms with Gasteiger partial charge in [-0.05, 0) is 12.8 Å². The molecule has 0 aromatic carbocycles. The summed E-state index contributed by atoms with van der Waals surface area (Å²) in [4.78, 5) is 27.7. The summed E-state index contributed by atoms with van der Waals surface area (Å²) in [5.74, 6) is 0.0901. The minimum absolute atomic E-state index is 0. The van der Waals surface area contributed by atoms with Gasteiger partial charge in [0.2, 0.25) is 11.8 Å². The summed E-state index contributed by atoms with van der Waals surface area (Å²) in [5, 5.41) is 3.14. The van der Waals surface area contributed by atoms with Crippen molar-refractivity contribution in [1.82, 2.24) is 15.1 Å². The Morgan fingerprint density at radius 3 is 2.68 bits per heavy atom. The monoisotopic (exact) mass is 289 g/mol. The van der Waals surface area contributed by atoms with Crippen molar-refractivity contribution in [2.75, 3.05) is 39.4 Å². The van der Waals surface area contributed by atoms with E-state index in [-0.39, 0.29) is 36.8 Å². The van der Waals surface area contributed by atoms with Gasteiger partial charge in [0, 0.05) is 25.7 Å². The van der Waals surface area contributed by atoms with Gasteiger partial charge in [0.05, 0.1) is 19.8 Å². The van der Waals surface area contributed by atoms with Crippen LogP contribution in [0.5, 0.6) is 0 Å². The summed E-state index contributed by atoms with van der Waals surface area (Å²) in [6.07, 6.45) is 2.25. The Kier molecular flexibility index (Phi) is 4.65. The second-order valence-corrected chi connectivity index (χ2v) is 5.16. The third kappa shape index (κ3) is 3.19. The predicted molar refractivity (Wildman–Crippen MR) is 71.2 cm³/mol. The number of amides is 2. The summed E-state index contributed by atoms with van der Waals surface area (Å²) < 4.78 is 5.28. The molecule has 3 fully saturated rings. The molecule has 0 spiro atoms. The Morgan fingerprint density at radius 1 is 1.32 bits per heavy atom. The van der Waals surface area contributed by atoms with E-state index in [1.54, 1.807) is 4.90 Å². The highest BCUT2D eigenvalue weighted by atomic mass is 35.5. The first-order chi connectivity index (χ1) is 8.75. The van der Waals surface area contributed by atoms with Crippen molar-refractivity contribution in [2.45, 2.75) is 24.9 Å². The normalized spacial score (nSPS) is 28.0. The molecule has 2 aliphatic heterocycles. The fourth-order valence-corrected chi connectivity index (χ4v) is 2.59. The lowest BCUT2D eigenvalue weighted by molar-refractivity contribution is -0.148. The van der Waals surface area contributed by atoms with Crippen LogP contribution in [0.3, 0.4) is 0 Å². The van der Waals surface area contributed by atoms with Gasteiger partial charge < -0.3 is 19.9 Å². The number of ether oxygens (including phenoxy) is 1. The highest BCUT2D eigenvalue weighted by molar-refractivity contribution is 5.89. The molecule has 3 aliphatic rings. The zero-order chi connectivity index (χ0) is 12.5. The van der Waals surface area contributed by atoms with E-state index in [0.717, 1.165) is 12.8 Å². The molecule has 1 atom stereocenters. The summed E-state index contributed by atoms with van der Waals surface area (Å²) in [5.41, 5.74) is 0. The largest absolute Gasteiger partial charge is 0.378 e. The van der Waals surface area contributed by atoms with Crippen LogP contribution in [0, 0.1) is 0 Å². The van der Waals surface area contributed by atoms with Crippen LogP contribution < -0.4 is 5.32 Å². The van der Waals surface area contributed by atoms with Crippen molar-refractivity contribution >= 4 is 24.2 Å². The van der Waals surface area contributed by atoms with Crippen molar-refractivity contribution in [1.29, 1.82) is 0 Å². The molecule has 1 saturated carbocycles. The number of piperazine rings is 1. The molecule has 1 unspecified atom stereocenters. The van der Waals surface area contributed by atoms with Crippen LogP contribution in [-0.2, 0) is 14.3 Å². The van der Waals surface area contributed by atoms with Gasteiger partial charge >= 0.3 is 0 Å². The SMILES string of the molecule is Cl.O=C(C1COCCN1)N1CCN(C2CC2)C(=O)C1. The van der Waals surface area contributed by atoms with Crippen LogP contribution in [0.1, 0.15) is 12.8 Å². The second-order valence-electron chi connectivity index (χ2n) is 5.16. The molecule has 1 aliphatic carbocycles. The fourth-order valence-electron chi connectivity index (χ4n) is 2.59. The molecule has 7 heteroatoms. The van der Waals surface area contributed by atoms with Gasteiger partial charge in [-0.25, -0.2) is 0 Å². The first-order valence-corrected chi connectivity index (χ1v) is 6.65. The smallest absolute Gasteiger partial charge is 0.242 e. The third-order valence-corrected chi connectivity index (χ3v) is 3.78. The minimum atomic E-state index is -0.279. The molecule has 108 valence electrons. The van der Waals surface area contributed by atoms with Crippen LogP contribution in [0.25, 0.3) is 0 Å². The molecule has 2 heterocycles. The van der Waals surface area contributed by atoms with Crippen LogP contribution in [-0.4, -0.2) is 73.1 Å². The Morgan fingerprint density at radius 2 is 2.11 bits per heavy atom.